The van der Waals surface area contributed by atoms with Crippen molar-refractivity contribution in [2.45, 2.75) is 13.8 Å². The largest absolute Gasteiger partial charge is 0.493 e. The third-order valence-electron chi connectivity index (χ3n) is 3.01. The minimum Gasteiger partial charge on any atom is -0.493 e. The van der Waals surface area contributed by atoms with Crippen molar-refractivity contribution in [1.29, 1.82) is 0 Å². The number of hydrazone groups is 1. The van der Waals surface area contributed by atoms with Gasteiger partial charge in [0.1, 0.15) is 0 Å². The molecule has 2 rings (SSSR count). The molecule has 1 aromatic carbocycles. The highest BCUT2D eigenvalue weighted by atomic mass is 16.5. The number of ether oxygens (including phenoxy) is 2. The molecule has 0 amide bonds. The predicted octanol–water partition coefficient (Wildman–Crippen LogP) is 2.04. The number of hydrogen-bond acceptors (Lipinski definition) is 4. The highest BCUT2D eigenvalue weighted by Gasteiger charge is 2.31. The lowest BCUT2D eigenvalue weighted by atomic mass is 9.84. The minimum atomic E-state index is 0.0413. The van der Waals surface area contributed by atoms with E-state index in [4.69, 9.17) is 9.47 Å². The molecule has 0 fully saturated rings. The van der Waals surface area contributed by atoms with Crippen LogP contribution < -0.4 is 14.9 Å². The minimum absolute atomic E-state index is 0.0413. The van der Waals surface area contributed by atoms with E-state index in [1.165, 1.54) is 0 Å². The molecule has 1 aromatic rings. The van der Waals surface area contributed by atoms with Crippen LogP contribution in [0.4, 0.5) is 0 Å². The number of nitrogens with one attached hydrogen (secondary N) is 1. The summed E-state index contributed by atoms with van der Waals surface area (Å²) in [6.07, 6.45) is 0. The molecular formula is C13H18N2O2. The lowest BCUT2D eigenvalue weighted by molar-refractivity contribution is 0.355. The smallest absolute Gasteiger partial charge is 0.161 e. The standard InChI is InChI=1S/C13H18N2O2/c1-13(2)8-14-15-12(13)9-5-6-10(16-3)11(7-9)17-4/h5-7,14H,8H2,1-4H3. The Balaban J connectivity index is 2.41. The zero-order chi connectivity index (χ0) is 12.5. The van der Waals surface area contributed by atoms with Crippen LogP contribution in [0.1, 0.15) is 19.4 Å². The van der Waals surface area contributed by atoms with E-state index in [1.54, 1.807) is 14.2 Å². The van der Waals surface area contributed by atoms with Crippen LogP contribution in [0.25, 0.3) is 0 Å². The average molecular weight is 234 g/mol. The number of hydrogen-bond donors (Lipinski definition) is 1. The highest BCUT2D eigenvalue weighted by molar-refractivity contribution is 6.05. The molecule has 0 bridgehead atoms. The first kappa shape index (κ1) is 11.8. The Kier molecular flexibility index (Phi) is 2.96. The van der Waals surface area contributed by atoms with Crippen molar-refractivity contribution in [3.05, 3.63) is 23.8 Å². The molecule has 0 saturated carbocycles. The maximum Gasteiger partial charge on any atom is 0.161 e. The monoisotopic (exact) mass is 234 g/mol. The second kappa shape index (κ2) is 4.28. The van der Waals surface area contributed by atoms with E-state index < -0.39 is 0 Å². The molecular weight excluding hydrogens is 216 g/mol. The molecule has 1 aliphatic rings. The van der Waals surface area contributed by atoms with Gasteiger partial charge >= 0.3 is 0 Å². The maximum absolute atomic E-state index is 5.30. The first-order valence-electron chi connectivity index (χ1n) is 5.62. The summed E-state index contributed by atoms with van der Waals surface area (Å²) in [5.74, 6) is 1.47. The fourth-order valence-corrected chi connectivity index (χ4v) is 1.99. The molecule has 0 aliphatic carbocycles. The summed E-state index contributed by atoms with van der Waals surface area (Å²) in [5.41, 5.74) is 5.21. The van der Waals surface area contributed by atoms with Crippen LogP contribution in [-0.2, 0) is 0 Å². The van der Waals surface area contributed by atoms with Crippen molar-refractivity contribution in [3.63, 3.8) is 0 Å². The quantitative estimate of drug-likeness (QED) is 0.870. The normalized spacial score (nSPS) is 17.3. The Morgan fingerprint density at radius 1 is 1.18 bits per heavy atom. The van der Waals surface area contributed by atoms with Crippen LogP contribution in [0.3, 0.4) is 0 Å². The lowest BCUT2D eigenvalue weighted by Crippen LogP contribution is -2.26. The van der Waals surface area contributed by atoms with E-state index in [-0.39, 0.29) is 5.41 Å². The third-order valence-corrected chi connectivity index (χ3v) is 3.01. The van der Waals surface area contributed by atoms with Crippen LogP contribution in [0.5, 0.6) is 11.5 Å². The molecule has 0 radical (unpaired) electrons. The van der Waals surface area contributed by atoms with Gasteiger partial charge in [0.05, 0.1) is 19.9 Å². The summed E-state index contributed by atoms with van der Waals surface area (Å²) >= 11 is 0. The van der Waals surface area contributed by atoms with Gasteiger partial charge in [-0.05, 0) is 18.2 Å². The number of nitrogens with zero attached hydrogens (tertiary/aromatic N) is 1. The Labute approximate surface area is 102 Å². The van der Waals surface area contributed by atoms with E-state index in [0.29, 0.717) is 0 Å². The van der Waals surface area contributed by atoms with Gasteiger partial charge in [-0.1, -0.05) is 13.8 Å². The van der Waals surface area contributed by atoms with Gasteiger partial charge in [-0.3, -0.25) is 0 Å². The zero-order valence-electron chi connectivity index (χ0n) is 10.7. The average Bonchev–Trinajstić information content (AvgIpc) is 2.68. The van der Waals surface area contributed by atoms with Crippen molar-refractivity contribution >= 4 is 5.71 Å². The highest BCUT2D eigenvalue weighted by Crippen LogP contribution is 2.32. The van der Waals surface area contributed by atoms with E-state index in [2.05, 4.69) is 24.4 Å². The fourth-order valence-electron chi connectivity index (χ4n) is 1.99. The van der Waals surface area contributed by atoms with E-state index >= 15 is 0 Å². The molecule has 92 valence electrons. The van der Waals surface area contributed by atoms with Crippen LogP contribution >= 0.6 is 0 Å². The summed E-state index contributed by atoms with van der Waals surface area (Å²) in [6.45, 7) is 5.20. The van der Waals surface area contributed by atoms with E-state index in [0.717, 1.165) is 29.3 Å². The van der Waals surface area contributed by atoms with E-state index in [9.17, 15) is 0 Å². The molecule has 0 saturated heterocycles. The second-order valence-corrected chi connectivity index (χ2v) is 4.75. The molecule has 0 unspecified atom stereocenters. The molecule has 1 N–H and O–H groups in total. The van der Waals surface area contributed by atoms with Gasteiger partial charge in [-0.25, -0.2) is 0 Å². The summed E-state index contributed by atoms with van der Waals surface area (Å²) in [6, 6.07) is 5.88. The Morgan fingerprint density at radius 2 is 1.88 bits per heavy atom. The van der Waals surface area contributed by atoms with E-state index in [1.807, 2.05) is 18.2 Å². The maximum atomic E-state index is 5.30. The molecule has 0 aromatic heterocycles. The SMILES string of the molecule is COc1ccc(C2=NNCC2(C)C)cc1OC. The van der Waals surface area contributed by atoms with Crippen molar-refractivity contribution in [1.82, 2.24) is 5.43 Å². The van der Waals surface area contributed by atoms with Crippen LogP contribution in [0.15, 0.2) is 23.3 Å². The number of rotatable bonds is 3. The Hall–Kier alpha value is -1.71. The van der Waals surface area contributed by atoms with Gasteiger partial charge in [-0.15, -0.1) is 0 Å². The van der Waals surface area contributed by atoms with Crippen molar-refractivity contribution < 1.29 is 9.47 Å². The summed E-state index contributed by atoms with van der Waals surface area (Å²) in [5, 5.41) is 4.36. The van der Waals surface area contributed by atoms with Gasteiger partial charge in [0.2, 0.25) is 0 Å². The van der Waals surface area contributed by atoms with Crippen molar-refractivity contribution in [2.75, 3.05) is 20.8 Å². The van der Waals surface area contributed by atoms with Gasteiger partial charge in [0.25, 0.3) is 0 Å². The van der Waals surface area contributed by atoms with Gasteiger partial charge < -0.3 is 14.9 Å². The van der Waals surface area contributed by atoms with Gasteiger partial charge in [0, 0.05) is 17.5 Å². The topological polar surface area (TPSA) is 42.8 Å². The molecule has 1 aliphatic heterocycles. The molecule has 1 heterocycles. The van der Waals surface area contributed by atoms with Gasteiger partial charge in [-0.2, -0.15) is 5.10 Å². The molecule has 0 spiro atoms. The third kappa shape index (κ3) is 2.07. The summed E-state index contributed by atoms with van der Waals surface area (Å²) in [4.78, 5) is 0. The zero-order valence-corrected chi connectivity index (χ0v) is 10.7. The van der Waals surface area contributed by atoms with Gasteiger partial charge in [0.15, 0.2) is 11.5 Å². The molecule has 4 heteroatoms. The van der Waals surface area contributed by atoms with Crippen LogP contribution in [0.2, 0.25) is 0 Å². The van der Waals surface area contributed by atoms with Crippen molar-refractivity contribution in [3.8, 4) is 11.5 Å². The van der Waals surface area contributed by atoms with Crippen LogP contribution in [0, 0.1) is 5.41 Å². The van der Waals surface area contributed by atoms with Crippen LogP contribution in [-0.4, -0.2) is 26.5 Å². The first-order chi connectivity index (χ1) is 8.08. The second-order valence-electron chi connectivity index (χ2n) is 4.75. The molecule has 4 nitrogen and oxygen atoms in total. The first-order valence-corrected chi connectivity index (χ1v) is 5.62. The van der Waals surface area contributed by atoms with Crippen molar-refractivity contribution in [2.24, 2.45) is 10.5 Å². The predicted molar refractivity (Wildman–Crippen MR) is 67.9 cm³/mol. The number of methoxy groups -OCH3 is 2. The number of benzene rings is 1. The fraction of sp³-hybridized carbons (Fsp3) is 0.462. The Bertz CT molecular complexity index is 453. The summed E-state index contributed by atoms with van der Waals surface area (Å²) in [7, 11) is 3.28. The molecule has 0 atom stereocenters. The Morgan fingerprint density at radius 3 is 2.41 bits per heavy atom. The lowest BCUT2D eigenvalue weighted by Gasteiger charge is -2.19. The molecule has 17 heavy (non-hydrogen) atoms. The summed E-state index contributed by atoms with van der Waals surface area (Å²) < 4.78 is 10.5.